The molecule has 6 nitrogen and oxygen atoms in total. The van der Waals surface area contributed by atoms with E-state index < -0.39 is 5.97 Å². The number of rotatable bonds is 6. The molecule has 0 radical (unpaired) electrons. The molecule has 2 rings (SSSR count). The number of ether oxygens (including phenoxy) is 1. The number of hydrogen-bond donors (Lipinski definition) is 1. The molecule has 0 spiro atoms. The van der Waals surface area contributed by atoms with Crippen molar-refractivity contribution in [2.75, 3.05) is 17.7 Å². The lowest BCUT2D eigenvalue weighted by molar-refractivity contribution is -0.113. The van der Waals surface area contributed by atoms with Crippen molar-refractivity contribution in [2.45, 2.75) is 18.2 Å². The lowest BCUT2D eigenvalue weighted by atomic mass is 10.2. The van der Waals surface area contributed by atoms with E-state index in [0.717, 1.165) is 9.35 Å². The van der Waals surface area contributed by atoms with Crippen molar-refractivity contribution in [3.05, 3.63) is 33.8 Å². The Morgan fingerprint density at radius 1 is 1.39 bits per heavy atom. The van der Waals surface area contributed by atoms with Crippen LogP contribution in [0.2, 0.25) is 5.02 Å². The Labute approximate surface area is 146 Å². The molecule has 1 heterocycles. The van der Waals surface area contributed by atoms with Crippen LogP contribution in [0.15, 0.2) is 22.5 Å². The van der Waals surface area contributed by atoms with Crippen LogP contribution in [0.3, 0.4) is 0 Å². The van der Waals surface area contributed by atoms with Crippen molar-refractivity contribution in [3.8, 4) is 0 Å². The molecular formula is C14H14ClN3O3S2. The number of amides is 1. The maximum absolute atomic E-state index is 12.0. The first kappa shape index (κ1) is 17.7. The van der Waals surface area contributed by atoms with Crippen molar-refractivity contribution in [1.82, 2.24) is 10.2 Å². The Kier molecular flexibility index (Phi) is 6.37. The SMILES string of the molecule is CCOC(=O)c1cc(NC(=O)CSc2nnc(C)s2)ccc1Cl. The van der Waals surface area contributed by atoms with Gasteiger partial charge in [0, 0.05) is 5.69 Å². The number of aromatic nitrogens is 2. The predicted octanol–water partition coefficient (Wildman–Crippen LogP) is 3.41. The normalized spacial score (nSPS) is 10.4. The molecule has 0 unspecified atom stereocenters. The minimum Gasteiger partial charge on any atom is -0.462 e. The first-order valence-corrected chi connectivity index (χ1v) is 8.87. The molecule has 0 saturated heterocycles. The van der Waals surface area contributed by atoms with Gasteiger partial charge in [0.2, 0.25) is 5.91 Å². The van der Waals surface area contributed by atoms with Gasteiger partial charge in [0.1, 0.15) is 5.01 Å². The van der Waals surface area contributed by atoms with Crippen molar-refractivity contribution in [1.29, 1.82) is 0 Å². The number of nitrogens with one attached hydrogen (secondary N) is 1. The third-order valence-corrected chi connectivity index (χ3v) is 4.88. The van der Waals surface area contributed by atoms with E-state index in [2.05, 4.69) is 15.5 Å². The van der Waals surface area contributed by atoms with Gasteiger partial charge >= 0.3 is 5.97 Å². The van der Waals surface area contributed by atoms with Gasteiger partial charge in [-0.1, -0.05) is 34.7 Å². The molecule has 1 aromatic carbocycles. The molecule has 1 amide bonds. The second kappa shape index (κ2) is 8.28. The minimum absolute atomic E-state index is 0.200. The van der Waals surface area contributed by atoms with Gasteiger partial charge < -0.3 is 10.1 Å². The van der Waals surface area contributed by atoms with Gasteiger partial charge in [0.25, 0.3) is 0 Å². The smallest absolute Gasteiger partial charge is 0.339 e. The molecule has 122 valence electrons. The number of anilines is 1. The maximum Gasteiger partial charge on any atom is 0.339 e. The van der Waals surface area contributed by atoms with Crippen LogP contribution in [-0.2, 0) is 9.53 Å². The number of benzene rings is 1. The van der Waals surface area contributed by atoms with Crippen LogP contribution in [0, 0.1) is 6.92 Å². The summed E-state index contributed by atoms with van der Waals surface area (Å²) in [5, 5.41) is 11.7. The molecule has 0 bridgehead atoms. The Morgan fingerprint density at radius 3 is 2.83 bits per heavy atom. The van der Waals surface area contributed by atoms with Gasteiger partial charge in [-0.2, -0.15) is 0 Å². The molecule has 9 heteroatoms. The van der Waals surface area contributed by atoms with Gasteiger partial charge in [-0.15, -0.1) is 10.2 Å². The van der Waals surface area contributed by atoms with Gasteiger partial charge in [-0.05, 0) is 32.0 Å². The number of aryl methyl sites for hydroxylation is 1. The zero-order chi connectivity index (χ0) is 16.8. The van der Waals surface area contributed by atoms with Crippen molar-refractivity contribution < 1.29 is 14.3 Å². The first-order valence-electron chi connectivity index (χ1n) is 6.69. The summed E-state index contributed by atoms with van der Waals surface area (Å²) in [6, 6.07) is 4.67. The first-order chi connectivity index (χ1) is 11.0. The van der Waals surface area contributed by atoms with Crippen LogP contribution in [0.4, 0.5) is 5.69 Å². The number of nitrogens with zero attached hydrogens (tertiary/aromatic N) is 2. The van der Waals surface area contributed by atoms with Crippen LogP contribution in [0.1, 0.15) is 22.3 Å². The van der Waals surface area contributed by atoms with E-state index in [-0.39, 0.29) is 28.9 Å². The Morgan fingerprint density at radius 2 is 2.17 bits per heavy atom. The molecule has 0 aliphatic rings. The molecule has 1 aromatic heterocycles. The monoisotopic (exact) mass is 371 g/mol. The van der Waals surface area contributed by atoms with E-state index in [1.807, 2.05) is 6.92 Å². The molecular weight excluding hydrogens is 358 g/mol. The second-order valence-corrected chi connectivity index (χ2v) is 7.15. The summed E-state index contributed by atoms with van der Waals surface area (Å²) in [6.45, 7) is 3.82. The van der Waals surface area contributed by atoms with E-state index in [1.54, 1.807) is 19.1 Å². The second-order valence-electron chi connectivity index (χ2n) is 4.34. The molecule has 1 N–H and O–H groups in total. The van der Waals surface area contributed by atoms with Crippen molar-refractivity contribution in [3.63, 3.8) is 0 Å². The highest BCUT2D eigenvalue weighted by Crippen LogP contribution is 2.24. The third kappa shape index (κ3) is 5.19. The topological polar surface area (TPSA) is 81.2 Å². The fourth-order valence-corrected chi connectivity index (χ4v) is 3.44. The quantitative estimate of drug-likeness (QED) is 0.619. The highest BCUT2D eigenvalue weighted by Gasteiger charge is 2.13. The molecule has 0 fully saturated rings. The van der Waals surface area contributed by atoms with Crippen LogP contribution in [0.5, 0.6) is 0 Å². The number of halogens is 1. The summed E-state index contributed by atoms with van der Waals surface area (Å²) in [5.41, 5.74) is 0.704. The van der Waals surface area contributed by atoms with Crippen LogP contribution < -0.4 is 5.32 Å². The Balaban J connectivity index is 1.97. The average Bonchev–Trinajstić information content (AvgIpc) is 2.93. The predicted molar refractivity (Wildman–Crippen MR) is 91.4 cm³/mol. The van der Waals surface area contributed by atoms with Crippen LogP contribution in [0.25, 0.3) is 0 Å². The number of hydrogen-bond acceptors (Lipinski definition) is 7. The zero-order valence-electron chi connectivity index (χ0n) is 12.5. The zero-order valence-corrected chi connectivity index (χ0v) is 14.8. The van der Waals surface area contributed by atoms with Crippen molar-refractivity contribution in [2.24, 2.45) is 0 Å². The number of carbonyl (C=O) groups excluding carboxylic acids is 2. The standard InChI is InChI=1S/C14H14ClN3O3S2/c1-3-21-13(20)10-6-9(4-5-11(10)15)16-12(19)7-22-14-18-17-8(2)23-14/h4-6H,3,7H2,1-2H3,(H,16,19). The molecule has 0 aliphatic heterocycles. The summed E-state index contributed by atoms with van der Waals surface area (Å²) in [5.74, 6) is -0.529. The van der Waals surface area contributed by atoms with Gasteiger partial charge in [0.05, 0.1) is 22.9 Å². The third-order valence-electron chi connectivity index (χ3n) is 2.58. The van der Waals surface area contributed by atoms with E-state index in [4.69, 9.17) is 16.3 Å². The van der Waals surface area contributed by atoms with Gasteiger partial charge in [-0.3, -0.25) is 4.79 Å². The largest absolute Gasteiger partial charge is 0.462 e. The van der Waals surface area contributed by atoms with E-state index in [9.17, 15) is 9.59 Å². The van der Waals surface area contributed by atoms with Gasteiger partial charge in [-0.25, -0.2) is 4.79 Å². The molecule has 23 heavy (non-hydrogen) atoms. The average molecular weight is 372 g/mol. The van der Waals surface area contributed by atoms with Crippen LogP contribution in [-0.4, -0.2) is 34.4 Å². The van der Waals surface area contributed by atoms with E-state index in [1.165, 1.54) is 29.2 Å². The minimum atomic E-state index is -0.521. The van der Waals surface area contributed by atoms with Crippen LogP contribution >= 0.6 is 34.7 Å². The molecule has 2 aromatic rings. The summed E-state index contributed by atoms with van der Waals surface area (Å²) in [4.78, 5) is 23.7. The molecule has 0 aliphatic carbocycles. The number of thioether (sulfide) groups is 1. The lowest BCUT2D eigenvalue weighted by Gasteiger charge is -2.08. The maximum atomic E-state index is 12.0. The number of carbonyl (C=O) groups is 2. The fraction of sp³-hybridized carbons (Fsp3) is 0.286. The Bertz CT molecular complexity index is 721. The van der Waals surface area contributed by atoms with Gasteiger partial charge in [0.15, 0.2) is 4.34 Å². The summed E-state index contributed by atoms with van der Waals surface area (Å²) < 4.78 is 5.66. The van der Waals surface area contributed by atoms with E-state index >= 15 is 0 Å². The highest BCUT2D eigenvalue weighted by atomic mass is 35.5. The fourth-order valence-electron chi connectivity index (χ4n) is 1.63. The summed E-state index contributed by atoms with van der Waals surface area (Å²) >= 11 is 8.71. The Hall–Kier alpha value is -1.64. The lowest BCUT2D eigenvalue weighted by Crippen LogP contribution is -2.15. The molecule has 0 saturated carbocycles. The summed E-state index contributed by atoms with van der Waals surface area (Å²) in [6.07, 6.45) is 0. The van der Waals surface area contributed by atoms with E-state index in [0.29, 0.717) is 5.69 Å². The molecule has 0 atom stereocenters. The van der Waals surface area contributed by atoms with Crippen molar-refractivity contribution >= 4 is 52.3 Å². The summed E-state index contributed by atoms with van der Waals surface area (Å²) in [7, 11) is 0. The highest BCUT2D eigenvalue weighted by molar-refractivity contribution is 8.01. The number of esters is 1.